The fourth-order valence-corrected chi connectivity index (χ4v) is 9.19. The molecule has 2 N–H and O–H groups in total. The number of carbonyl (C=O) groups is 1. The first kappa shape index (κ1) is 20.9. The minimum absolute atomic E-state index is 0.0215. The number of aromatic nitrogens is 2. The molecule has 4 bridgehead atoms. The van der Waals surface area contributed by atoms with Crippen LogP contribution in [0.25, 0.3) is 10.2 Å². The lowest BCUT2D eigenvalue weighted by molar-refractivity contribution is -0.125. The third-order valence-corrected chi connectivity index (χ3v) is 10.3. The fourth-order valence-electron chi connectivity index (χ4n) is 7.91. The minimum atomic E-state index is -0.0215. The highest BCUT2D eigenvalue weighted by atomic mass is 32.1. The van der Waals surface area contributed by atoms with Gasteiger partial charge in [0.2, 0.25) is 5.91 Å². The molecule has 4 saturated carbocycles. The number of nitrogens with zero attached hydrogens (tertiary/aromatic N) is 1. The van der Waals surface area contributed by atoms with Gasteiger partial charge in [-0.1, -0.05) is 6.42 Å². The quantitative estimate of drug-likeness (QED) is 0.632. The average Bonchev–Trinajstić information content (AvgIpc) is 2.93. The lowest BCUT2D eigenvalue weighted by Gasteiger charge is -2.59. The van der Waals surface area contributed by atoms with Crippen molar-refractivity contribution in [2.75, 3.05) is 0 Å². The van der Waals surface area contributed by atoms with Crippen molar-refractivity contribution in [3.63, 3.8) is 0 Å². The summed E-state index contributed by atoms with van der Waals surface area (Å²) < 4.78 is 0. The van der Waals surface area contributed by atoms with E-state index in [9.17, 15) is 9.59 Å². The van der Waals surface area contributed by atoms with Gasteiger partial charge in [0, 0.05) is 23.8 Å². The Morgan fingerprint density at radius 3 is 2.53 bits per heavy atom. The van der Waals surface area contributed by atoms with Crippen LogP contribution in [0.4, 0.5) is 0 Å². The van der Waals surface area contributed by atoms with Crippen molar-refractivity contribution in [2.45, 2.75) is 96.4 Å². The highest BCUT2D eigenvalue weighted by molar-refractivity contribution is 7.18. The molecular formula is C26H35N3O2S. The first-order valence-electron chi connectivity index (χ1n) is 12.8. The Morgan fingerprint density at radius 2 is 1.81 bits per heavy atom. The molecule has 5 aliphatic rings. The van der Waals surface area contributed by atoms with E-state index in [-0.39, 0.29) is 17.5 Å². The Morgan fingerprint density at radius 1 is 1.12 bits per heavy atom. The Kier molecular flexibility index (Phi) is 5.20. The van der Waals surface area contributed by atoms with E-state index in [1.54, 1.807) is 11.3 Å². The Bertz CT molecular complexity index is 1070. The van der Waals surface area contributed by atoms with Gasteiger partial charge in [0.15, 0.2) is 0 Å². The molecule has 5 nitrogen and oxygen atoms in total. The van der Waals surface area contributed by atoms with Crippen molar-refractivity contribution < 1.29 is 4.79 Å². The molecule has 32 heavy (non-hydrogen) atoms. The summed E-state index contributed by atoms with van der Waals surface area (Å²) in [5.41, 5.74) is 1.53. The Labute approximate surface area is 193 Å². The third-order valence-electron chi connectivity index (χ3n) is 9.09. The average molecular weight is 454 g/mol. The SMILES string of the molecule is CC(NC(=O)CCc1nc2sc3c(c2c(=O)[nH]1)CCCCC3)C12CC3CC(CC(C3)C1)C2. The summed E-state index contributed by atoms with van der Waals surface area (Å²) in [4.78, 5) is 35.6. The first-order valence-corrected chi connectivity index (χ1v) is 13.6. The largest absolute Gasteiger partial charge is 0.353 e. The van der Waals surface area contributed by atoms with Gasteiger partial charge in [-0.25, -0.2) is 4.98 Å². The maximum atomic E-state index is 12.8. The number of hydrogen-bond donors (Lipinski definition) is 2. The summed E-state index contributed by atoms with van der Waals surface area (Å²) in [5, 5.41) is 4.15. The van der Waals surface area contributed by atoms with Crippen molar-refractivity contribution >= 4 is 27.5 Å². The first-order chi connectivity index (χ1) is 15.5. The summed E-state index contributed by atoms with van der Waals surface area (Å²) in [6.07, 6.45) is 14.7. The van der Waals surface area contributed by atoms with Gasteiger partial charge in [-0.05, 0) is 99.9 Å². The monoisotopic (exact) mass is 453 g/mol. The minimum Gasteiger partial charge on any atom is -0.353 e. The van der Waals surface area contributed by atoms with Crippen LogP contribution in [0.3, 0.4) is 0 Å². The molecule has 2 heterocycles. The number of nitrogens with one attached hydrogen (secondary N) is 2. The second kappa shape index (κ2) is 7.96. The predicted molar refractivity (Wildman–Crippen MR) is 128 cm³/mol. The number of aromatic amines is 1. The van der Waals surface area contributed by atoms with E-state index in [1.807, 2.05) is 0 Å². The molecular weight excluding hydrogens is 418 g/mol. The molecule has 0 aliphatic heterocycles. The van der Waals surface area contributed by atoms with Crippen LogP contribution in [0.15, 0.2) is 4.79 Å². The van der Waals surface area contributed by atoms with Crippen LogP contribution in [0.1, 0.15) is 87.4 Å². The summed E-state index contributed by atoms with van der Waals surface area (Å²) in [7, 11) is 0. The molecule has 0 spiro atoms. The fraction of sp³-hybridized carbons (Fsp3) is 0.731. The lowest BCUT2D eigenvalue weighted by atomic mass is 9.48. The molecule has 172 valence electrons. The summed E-state index contributed by atoms with van der Waals surface area (Å²) >= 11 is 1.69. The summed E-state index contributed by atoms with van der Waals surface area (Å²) in [5.74, 6) is 3.42. The number of carbonyl (C=O) groups excluding carboxylic acids is 1. The van der Waals surface area contributed by atoms with Crippen molar-refractivity contribution in [2.24, 2.45) is 23.2 Å². The maximum Gasteiger partial charge on any atom is 0.259 e. The lowest BCUT2D eigenvalue weighted by Crippen LogP contribution is -2.55. The van der Waals surface area contributed by atoms with E-state index in [0.29, 0.717) is 24.1 Å². The van der Waals surface area contributed by atoms with E-state index in [0.717, 1.165) is 47.2 Å². The van der Waals surface area contributed by atoms with Gasteiger partial charge in [-0.3, -0.25) is 9.59 Å². The van der Waals surface area contributed by atoms with Gasteiger partial charge in [0.25, 0.3) is 5.56 Å². The standard InChI is InChI=1S/C26H35N3O2S/c1-15(26-12-16-9-17(13-26)11-18(10-16)14-26)27-22(30)8-7-21-28-24(31)23-19-5-3-2-4-6-20(19)32-25(23)29-21/h15-18H,2-14H2,1H3,(H,27,30)(H,28,29,31). The van der Waals surface area contributed by atoms with Crippen LogP contribution in [-0.4, -0.2) is 21.9 Å². The molecule has 1 unspecified atom stereocenters. The number of aryl methyl sites for hydroxylation is 3. The number of amides is 1. The van der Waals surface area contributed by atoms with Gasteiger partial charge in [0.1, 0.15) is 10.7 Å². The van der Waals surface area contributed by atoms with E-state index < -0.39 is 0 Å². The van der Waals surface area contributed by atoms with Crippen LogP contribution in [0.5, 0.6) is 0 Å². The van der Waals surface area contributed by atoms with Gasteiger partial charge in [-0.2, -0.15) is 0 Å². The molecule has 2 aromatic heterocycles. The van der Waals surface area contributed by atoms with Gasteiger partial charge in [0.05, 0.1) is 5.39 Å². The smallest absolute Gasteiger partial charge is 0.259 e. The molecule has 0 aromatic carbocycles. The Hall–Kier alpha value is -1.69. The third kappa shape index (κ3) is 3.63. The van der Waals surface area contributed by atoms with Gasteiger partial charge < -0.3 is 10.3 Å². The second-order valence-electron chi connectivity index (χ2n) is 11.3. The topological polar surface area (TPSA) is 74.8 Å². The number of hydrogen-bond acceptors (Lipinski definition) is 4. The zero-order valence-corrected chi connectivity index (χ0v) is 20.0. The van der Waals surface area contributed by atoms with E-state index in [2.05, 4.69) is 17.2 Å². The van der Waals surface area contributed by atoms with Crippen molar-refractivity contribution in [3.05, 3.63) is 26.6 Å². The van der Waals surface area contributed by atoms with E-state index >= 15 is 0 Å². The molecule has 4 fully saturated rings. The Balaban J connectivity index is 1.12. The van der Waals surface area contributed by atoms with Crippen LogP contribution in [0.2, 0.25) is 0 Å². The summed E-state index contributed by atoms with van der Waals surface area (Å²) in [6.45, 7) is 2.23. The van der Waals surface area contributed by atoms with Gasteiger partial charge >= 0.3 is 0 Å². The number of fused-ring (bicyclic) bond motifs is 3. The normalized spacial score (nSPS) is 32.0. The molecule has 5 aliphatic carbocycles. The molecule has 7 rings (SSSR count). The van der Waals surface area contributed by atoms with Crippen LogP contribution >= 0.6 is 11.3 Å². The number of rotatable bonds is 5. The van der Waals surface area contributed by atoms with Crippen molar-refractivity contribution in [3.8, 4) is 0 Å². The predicted octanol–water partition coefficient (Wildman–Crippen LogP) is 4.91. The van der Waals surface area contributed by atoms with Gasteiger partial charge in [-0.15, -0.1) is 11.3 Å². The molecule has 1 amide bonds. The molecule has 2 aromatic rings. The zero-order chi connectivity index (χ0) is 21.9. The molecule has 0 radical (unpaired) electrons. The van der Waals surface area contributed by atoms with E-state index in [4.69, 9.17) is 4.98 Å². The number of thiophene rings is 1. The maximum absolute atomic E-state index is 12.8. The van der Waals surface area contributed by atoms with Crippen LogP contribution in [0, 0.1) is 23.2 Å². The van der Waals surface area contributed by atoms with Crippen LogP contribution in [-0.2, 0) is 24.1 Å². The zero-order valence-electron chi connectivity index (χ0n) is 19.2. The molecule has 0 saturated heterocycles. The molecule has 1 atom stereocenters. The van der Waals surface area contributed by atoms with Crippen molar-refractivity contribution in [1.29, 1.82) is 0 Å². The van der Waals surface area contributed by atoms with Crippen LogP contribution < -0.4 is 10.9 Å². The second-order valence-corrected chi connectivity index (χ2v) is 12.4. The molecule has 6 heteroatoms. The van der Waals surface area contributed by atoms with Crippen molar-refractivity contribution in [1.82, 2.24) is 15.3 Å². The highest BCUT2D eigenvalue weighted by Gasteiger charge is 2.53. The summed E-state index contributed by atoms with van der Waals surface area (Å²) in [6, 6.07) is 0.242. The number of H-pyrrole nitrogens is 1. The highest BCUT2D eigenvalue weighted by Crippen LogP contribution is 2.61. The van der Waals surface area contributed by atoms with E-state index in [1.165, 1.54) is 61.8 Å².